The fourth-order valence-electron chi connectivity index (χ4n) is 2.72. The molecule has 1 aromatic heterocycles. The van der Waals surface area contributed by atoms with Crippen LogP contribution in [0.5, 0.6) is 0 Å². The molecule has 1 aliphatic carbocycles. The quantitative estimate of drug-likeness (QED) is 0.877. The van der Waals surface area contributed by atoms with Gasteiger partial charge < -0.3 is 10.3 Å². The molecule has 2 rings (SSSR count). The van der Waals surface area contributed by atoms with Crippen molar-refractivity contribution in [3.05, 3.63) is 11.6 Å². The third-order valence-electron chi connectivity index (χ3n) is 4.03. The van der Waals surface area contributed by atoms with Crippen LogP contribution in [-0.4, -0.2) is 20.8 Å². The summed E-state index contributed by atoms with van der Waals surface area (Å²) in [6, 6.07) is 0.718. The average Bonchev–Trinajstić information content (AvgIpc) is 2.71. The average molecular weight is 236 g/mol. The van der Waals surface area contributed by atoms with Crippen molar-refractivity contribution in [2.24, 2.45) is 5.73 Å². The van der Waals surface area contributed by atoms with Gasteiger partial charge in [-0.2, -0.15) is 0 Å². The van der Waals surface area contributed by atoms with E-state index in [9.17, 15) is 0 Å². The standard InChI is InChI=1S/C13H24N4/c1-9(10(2)14)13-16-15-11(3)17(13)12-7-5-4-6-8-12/h9-10,12H,4-8,14H2,1-3H3. The topological polar surface area (TPSA) is 56.7 Å². The van der Waals surface area contributed by atoms with E-state index in [0.29, 0.717) is 6.04 Å². The largest absolute Gasteiger partial charge is 0.327 e. The first-order valence-corrected chi connectivity index (χ1v) is 6.78. The molecular weight excluding hydrogens is 212 g/mol. The molecule has 0 saturated heterocycles. The van der Waals surface area contributed by atoms with Gasteiger partial charge in [-0.3, -0.25) is 0 Å². The van der Waals surface area contributed by atoms with Crippen LogP contribution >= 0.6 is 0 Å². The molecule has 96 valence electrons. The molecule has 0 spiro atoms. The summed E-state index contributed by atoms with van der Waals surface area (Å²) in [5, 5.41) is 8.60. The lowest BCUT2D eigenvalue weighted by molar-refractivity contribution is 0.334. The predicted molar refractivity (Wildman–Crippen MR) is 68.9 cm³/mol. The lowest BCUT2D eigenvalue weighted by Gasteiger charge is -2.27. The Labute approximate surface area is 104 Å². The second kappa shape index (κ2) is 5.17. The van der Waals surface area contributed by atoms with Crippen LogP contribution in [-0.2, 0) is 0 Å². The number of nitrogens with two attached hydrogens (primary N) is 1. The lowest BCUT2D eigenvalue weighted by atomic mass is 9.94. The minimum atomic E-state index is 0.126. The minimum Gasteiger partial charge on any atom is -0.327 e. The Morgan fingerprint density at radius 3 is 2.41 bits per heavy atom. The zero-order valence-electron chi connectivity index (χ0n) is 11.2. The SMILES string of the molecule is Cc1nnc(C(C)C(C)N)n1C1CCCCC1. The summed E-state index contributed by atoms with van der Waals surface area (Å²) in [4.78, 5) is 0. The highest BCUT2D eigenvalue weighted by Gasteiger charge is 2.25. The monoisotopic (exact) mass is 236 g/mol. The van der Waals surface area contributed by atoms with Crippen molar-refractivity contribution in [2.75, 3.05) is 0 Å². The van der Waals surface area contributed by atoms with E-state index in [1.165, 1.54) is 32.1 Å². The zero-order valence-corrected chi connectivity index (χ0v) is 11.2. The molecule has 2 atom stereocenters. The van der Waals surface area contributed by atoms with Gasteiger partial charge in [0.15, 0.2) is 0 Å². The fourth-order valence-corrected chi connectivity index (χ4v) is 2.72. The van der Waals surface area contributed by atoms with Crippen molar-refractivity contribution in [1.29, 1.82) is 0 Å². The maximum absolute atomic E-state index is 5.99. The second-order valence-corrected chi connectivity index (χ2v) is 5.42. The highest BCUT2D eigenvalue weighted by molar-refractivity contribution is 5.05. The summed E-state index contributed by atoms with van der Waals surface area (Å²) < 4.78 is 2.34. The van der Waals surface area contributed by atoms with Crippen LogP contribution in [0.3, 0.4) is 0 Å². The first-order valence-electron chi connectivity index (χ1n) is 6.78. The molecule has 0 bridgehead atoms. The van der Waals surface area contributed by atoms with Gasteiger partial charge >= 0.3 is 0 Å². The van der Waals surface area contributed by atoms with Crippen molar-refractivity contribution in [1.82, 2.24) is 14.8 Å². The summed E-state index contributed by atoms with van der Waals surface area (Å²) in [5.41, 5.74) is 5.99. The molecule has 0 radical (unpaired) electrons. The van der Waals surface area contributed by atoms with Gasteiger partial charge in [-0.15, -0.1) is 10.2 Å². The first-order chi connectivity index (χ1) is 8.11. The summed E-state index contributed by atoms with van der Waals surface area (Å²) in [7, 11) is 0. The Bertz CT molecular complexity index is 363. The van der Waals surface area contributed by atoms with E-state index in [2.05, 4.69) is 28.6 Å². The molecule has 4 heteroatoms. The Morgan fingerprint density at radius 2 is 1.82 bits per heavy atom. The van der Waals surface area contributed by atoms with Crippen LogP contribution in [0.4, 0.5) is 0 Å². The number of rotatable bonds is 3. The van der Waals surface area contributed by atoms with Crippen LogP contribution in [0.1, 0.15) is 69.6 Å². The first kappa shape index (κ1) is 12.6. The summed E-state index contributed by atoms with van der Waals surface area (Å²) in [6.45, 7) is 6.24. The third kappa shape index (κ3) is 2.51. The molecular formula is C13H24N4. The maximum atomic E-state index is 5.99. The van der Waals surface area contributed by atoms with Gasteiger partial charge in [0, 0.05) is 18.0 Å². The van der Waals surface area contributed by atoms with E-state index in [1.54, 1.807) is 0 Å². The number of aryl methyl sites for hydroxylation is 1. The van der Waals surface area contributed by atoms with Crippen molar-refractivity contribution in [3.8, 4) is 0 Å². The molecule has 2 unspecified atom stereocenters. The van der Waals surface area contributed by atoms with E-state index >= 15 is 0 Å². The van der Waals surface area contributed by atoms with Gasteiger partial charge in [0.2, 0.25) is 0 Å². The number of hydrogen-bond donors (Lipinski definition) is 1. The van der Waals surface area contributed by atoms with Gasteiger partial charge in [-0.25, -0.2) is 0 Å². The van der Waals surface area contributed by atoms with Crippen molar-refractivity contribution in [3.63, 3.8) is 0 Å². The number of aromatic nitrogens is 3. The van der Waals surface area contributed by atoms with Gasteiger partial charge in [0.1, 0.15) is 11.6 Å². The summed E-state index contributed by atoms with van der Waals surface area (Å²) in [5.74, 6) is 2.39. The van der Waals surface area contributed by atoms with Crippen molar-refractivity contribution < 1.29 is 0 Å². The van der Waals surface area contributed by atoms with Crippen molar-refractivity contribution >= 4 is 0 Å². The summed E-state index contributed by atoms with van der Waals surface area (Å²) in [6.07, 6.45) is 6.55. The molecule has 4 nitrogen and oxygen atoms in total. The molecule has 0 aliphatic heterocycles. The molecule has 1 fully saturated rings. The number of hydrogen-bond acceptors (Lipinski definition) is 3. The third-order valence-corrected chi connectivity index (χ3v) is 4.03. The van der Waals surface area contributed by atoms with Gasteiger partial charge in [-0.1, -0.05) is 26.2 Å². The van der Waals surface area contributed by atoms with E-state index in [0.717, 1.165) is 11.6 Å². The molecule has 1 saturated carbocycles. The Balaban J connectivity index is 2.28. The molecule has 1 aromatic rings. The van der Waals surface area contributed by atoms with Gasteiger partial charge in [-0.05, 0) is 26.7 Å². The van der Waals surface area contributed by atoms with E-state index < -0.39 is 0 Å². The lowest BCUT2D eigenvalue weighted by Crippen LogP contribution is -2.27. The molecule has 1 aliphatic rings. The second-order valence-electron chi connectivity index (χ2n) is 5.42. The molecule has 1 heterocycles. The van der Waals surface area contributed by atoms with Crippen LogP contribution in [0.2, 0.25) is 0 Å². The smallest absolute Gasteiger partial charge is 0.137 e. The highest BCUT2D eigenvalue weighted by Crippen LogP contribution is 2.31. The fraction of sp³-hybridized carbons (Fsp3) is 0.846. The van der Waals surface area contributed by atoms with E-state index in [4.69, 9.17) is 5.73 Å². The van der Waals surface area contributed by atoms with Crippen LogP contribution < -0.4 is 5.73 Å². The van der Waals surface area contributed by atoms with Crippen LogP contribution in [0.15, 0.2) is 0 Å². The molecule has 0 amide bonds. The van der Waals surface area contributed by atoms with Gasteiger partial charge in [0.25, 0.3) is 0 Å². The van der Waals surface area contributed by atoms with E-state index in [-0.39, 0.29) is 12.0 Å². The van der Waals surface area contributed by atoms with E-state index in [1.807, 2.05) is 6.92 Å². The summed E-state index contributed by atoms with van der Waals surface area (Å²) >= 11 is 0. The van der Waals surface area contributed by atoms with Crippen molar-refractivity contribution in [2.45, 2.75) is 70.9 Å². The predicted octanol–water partition coefficient (Wildman–Crippen LogP) is 2.54. The van der Waals surface area contributed by atoms with Gasteiger partial charge in [0.05, 0.1) is 0 Å². The Kier molecular flexibility index (Phi) is 3.82. The number of nitrogens with zero attached hydrogens (tertiary/aromatic N) is 3. The highest BCUT2D eigenvalue weighted by atomic mass is 15.3. The normalized spacial score (nSPS) is 21.4. The Morgan fingerprint density at radius 1 is 1.18 bits per heavy atom. The minimum absolute atomic E-state index is 0.126. The molecule has 0 aromatic carbocycles. The zero-order chi connectivity index (χ0) is 12.4. The maximum Gasteiger partial charge on any atom is 0.137 e. The Hall–Kier alpha value is -0.900. The van der Waals surface area contributed by atoms with Crippen LogP contribution in [0, 0.1) is 6.92 Å². The molecule has 2 N–H and O–H groups in total. The van der Waals surface area contributed by atoms with Crippen LogP contribution in [0.25, 0.3) is 0 Å². The molecule has 17 heavy (non-hydrogen) atoms.